The van der Waals surface area contributed by atoms with Crippen LogP contribution in [0.15, 0.2) is 22.3 Å². The molecule has 1 aliphatic rings. The topological polar surface area (TPSA) is 75.3 Å². The SMILES string of the molecule is CCOC(=O)C1CCN(Cc2nc3scc(-c4ccc(C)s4)c3c(=O)[nH]2)CC1. The number of aryl methyl sites for hydroxylation is 1. The number of H-pyrrole nitrogens is 1. The molecule has 0 saturated carbocycles. The van der Waals surface area contributed by atoms with Crippen LogP contribution in [-0.4, -0.2) is 40.5 Å². The molecule has 4 rings (SSSR count). The van der Waals surface area contributed by atoms with E-state index in [-0.39, 0.29) is 17.4 Å². The second-order valence-corrected chi connectivity index (χ2v) is 9.20. The van der Waals surface area contributed by atoms with Crippen molar-refractivity contribution < 1.29 is 9.53 Å². The van der Waals surface area contributed by atoms with Crippen molar-refractivity contribution in [3.63, 3.8) is 0 Å². The average Bonchev–Trinajstić information content (AvgIpc) is 3.29. The number of aromatic amines is 1. The highest BCUT2D eigenvalue weighted by atomic mass is 32.1. The van der Waals surface area contributed by atoms with Crippen LogP contribution < -0.4 is 5.56 Å². The fraction of sp³-hybridized carbons (Fsp3) is 0.450. The lowest BCUT2D eigenvalue weighted by Crippen LogP contribution is -2.37. The van der Waals surface area contributed by atoms with Gasteiger partial charge in [0.05, 0.1) is 24.5 Å². The molecule has 3 aromatic heterocycles. The summed E-state index contributed by atoms with van der Waals surface area (Å²) in [6, 6.07) is 4.13. The zero-order valence-corrected chi connectivity index (χ0v) is 17.6. The third-order valence-electron chi connectivity index (χ3n) is 5.08. The lowest BCUT2D eigenvalue weighted by atomic mass is 9.97. The summed E-state index contributed by atoms with van der Waals surface area (Å²) in [4.78, 5) is 37.6. The quantitative estimate of drug-likeness (QED) is 0.639. The third kappa shape index (κ3) is 3.90. The van der Waals surface area contributed by atoms with E-state index in [1.165, 1.54) is 16.2 Å². The summed E-state index contributed by atoms with van der Waals surface area (Å²) >= 11 is 3.20. The predicted octanol–water partition coefficient (Wildman–Crippen LogP) is 3.80. The maximum Gasteiger partial charge on any atom is 0.309 e. The fourth-order valence-corrected chi connectivity index (χ4v) is 5.55. The van der Waals surface area contributed by atoms with E-state index in [4.69, 9.17) is 9.72 Å². The Labute approximate surface area is 171 Å². The first-order valence-corrected chi connectivity index (χ1v) is 11.2. The first-order chi connectivity index (χ1) is 13.5. The number of hydrogen-bond acceptors (Lipinski definition) is 7. The summed E-state index contributed by atoms with van der Waals surface area (Å²) in [6.07, 6.45) is 1.57. The zero-order chi connectivity index (χ0) is 19.7. The summed E-state index contributed by atoms with van der Waals surface area (Å²) in [7, 11) is 0. The van der Waals surface area contributed by atoms with Gasteiger partial charge in [0, 0.05) is 20.7 Å². The second-order valence-electron chi connectivity index (χ2n) is 7.05. The number of aromatic nitrogens is 2. The van der Waals surface area contributed by atoms with Gasteiger partial charge in [0.25, 0.3) is 5.56 Å². The number of likely N-dealkylation sites (tertiary alicyclic amines) is 1. The van der Waals surface area contributed by atoms with Crippen molar-refractivity contribution in [2.45, 2.75) is 33.2 Å². The van der Waals surface area contributed by atoms with E-state index in [2.05, 4.69) is 28.9 Å². The van der Waals surface area contributed by atoms with Crippen LogP contribution in [-0.2, 0) is 16.1 Å². The highest BCUT2D eigenvalue weighted by Gasteiger charge is 2.26. The largest absolute Gasteiger partial charge is 0.466 e. The Balaban J connectivity index is 1.49. The van der Waals surface area contributed by atoms with Gasteiger partial charge in [0.2, 0.25) is 0 Å². The Hall–Kier alpha value is -2.03. The molecule has 1 N–H and O–H groups in total. The molecule has 8 heteroatoms. The molecule has 6 nitrogen and oxygen atoms in total. The number of fused-ring (bicyclic) bond motifs is 1. The van der Waals surface area contributed by atoms with Gasteiger partial charge in [-0.25, -0.2) is 4.98 Å². The number of ether oxygens (including phenoxy) is 1. The number of thiophene rings is 2. The van der Waals surface area contributed by atoms with Crippen molar-refractivity contribution in [1.29, 1.82) is 0 Å². The van der Waals surface area contributed by atoms with Crippen molar-refractivity contribution in [2.24, 2.45) is 5.92 Å². The molecule has 0 bridgehead atoms. The molecular formula is C20H23N3O3S2. The molecule has 148 valence electrons. The van der Waals surface area contributed by atoms with Crippen molar-refractivity contribution in [3.05, 3.63) is 38.6 Å². The predicted molar refractivity (Wildman–Crippen MR) is 113 cm³/mol. The van der Waals surface area contributed by atoms with Crippen LogP contribution in [0.4, 0.5) is 0 Å². The van der Waals surface area contributed by atoms with Crippen LogP contribution in [0, 0.1) is 12.8 Å². The smallest absolute Gasteiger partial charge is 0.309 e. The van der Waals surface area contributed by atoms with E-state index in [1.54, 1.807) is 11.3 Å². The molecule has 0 aliphatic carbocycles. The van der Waals surface area contributed by atoms with Crippen molar-refractivity contribution in [3.8, 4) is 10.4 Å². The van der Waals surface area contributed by atoms with E-state index < -0.39 is 0 Å². The number of hydrogen-bond donors (Lipinski definition) is 1. The number of carbonyl (C=O) groups excluding carboxylic acids is 1. The number of nitrogens with zero attached hydrogens (tertiary/aromatic N) is 2. The fourth-order valence-electron chi connectivity index (χ4n) is 3.63. The van der Waals surface area contributed by atoms with Crippen molar-refractivity contribution in [1.82, 2.24) is 14.9 Å². The summed E-state index contributed by atoms with van der Waals surface area (Å²) in [5.41, 5.74) is 0.886. The molecule has 0 amide bonds. The third-order valence-corrected chi connectivity index (χ3v) is 6.99. The molecule has 0 spiro atoms. The number of carbonyl (C=O) groups is 1. The molecule has 28 heavy (non-hydrogen) atoms. The van der Waals surface area contributed by atoms with Crippen molar-refractivity contribution >= 4 is 38.9 Å². The second kappa shape index (κ2) is 8.14. The highest BCUT2D eigenvalue weighted by Crippen LogP contribution is 2.35. The molecule has 1 aliphatic heterocycles. The molecule has 4 heterocycles. The molecule has 0 unspecified atom stereocenters. The molecule has 1 fully saturated rings. The molecular weight excluding hydrogens is 394 g/mol. The van der Waals surface area contributed by atoms with Crippen LogP contribution in [0.25, 0.3) is 20.7 Å². The van der Waals surface area contributed by atoms with E-state index in [0.717, 1.165) is 41.2 Å². The van der Waals surface area contributed by atoms with Crippen LogP contribution in [0.2, 0.25) is 0 Å². The lowest BCUT2D eigenvalue weighted by molar-refractivity contribution is -0.149. The van der Waals surface area contributed by atoms with Gasteiger partial charge in [0.1, 0.15) is 10.7 Å². The molecule has 0 atom stereocenters. The number of piperidine rings is 1. The molecule has 1 saturated heterocycles. The summed E-state index contributed by atoms with van der Waals surface area (Å²) in [6.45, 7) is 6.52. The Morgan fingerprint density at radius 3 is 2.82 bits per heavy atom. The minimum absolute atomic E-state index is 0.0141. The van der Waals surface area contributed by atoms with E-state index in [0.29, 0.717) is 24.4 Å². The maximum absolute atomic E-state index is 12.8. The lowest BCUT2D eigenvalue weighted by Gasteiger charge is -2.30. The number of nitrogens with one attached hydrogen (secondary N) is 1. The van der Waals surface area contributed by atoms with Crippen LogP contribution in [0.5, 0.6) is 0 Å². The van der Waals surface area contributed by atoms with Gasteiger partial charge >= 0.3 is 5.97 Å². The monoisotopic (exact) mass is 417 g/mol. The number of esters is 1. The molecule has 0 radical (unpaired) electrons. The van der Waals surface area contributed by atoms with Gasteiger partial charge in [0.15, 0.2) is 0 Å². The minimum atomic E-state index is -0.0926. The van der Waals surface area contributed by atoms with Crippen molar-refractivity contribution in [2.75, 3.05) is 19.7 Å². The summed E-state index contributed by atoms with van der Waals surface area (Å²) in [5, 5.41) is 2.70. The van der Waals surface area contributed by atoms with Crippen LogP contribution in [0.1, 0.15) is 30.5 Å². The Morgan fingerprint density at radius 1 is 1.36 bits per heavy atom. The zero-order valence-electron chi connectivity index (χ0n) is 16.0. The van der Waals surface area contributed by atoms with E-state index in [1.807, 2.05) is 12.3 Å². The average molecular weight is 418 g/mol. The first-order valence-electron chi connectivity index (χ1n) is 9.51. The minimum Gasteiger partial charge on any atom is -0.466 e. The summed E-state index contributed by atoms with van der Waals surface area (Å²) in [5.74, 6) is 0.577. The van der Waals surface area contributed by atoms with Gasteiger partial charge in [-0.1, -0.05) is 0 Å². The van der Waals surface area contributed by atoms with Crippen LogP contribution in [0.3, 0.4) is 0 Å². The standard InChI is InChI=1S/C20H23N3O3S2/c1-3-26-20(25)13-6-8-23(9-7-13)10-16-21-18(24)17-14(11-27-19(17)22-16)15-5-4-12(2)28-15/h4-5,11,13H,3,6-10H2,1-2H3,(H,21,22,24). The van der Waals surface area contributed by atoms with E-state index >= 15 is 0 Å². The van der Waals surface area contributed by atoms with Gasteiger partial charge in [-0.15, -0.1) is 22.7 Å². The highest BCUT2D eigenvalue weighted by molar-refractivity contribution is 7.19. The normalized spacial score (nSPS) is 15.9. The summed E-state index contributed by atoms with van der Waals surface area (Å²) < 4.78 is 5.12. The Kier molecular flexibility index (Phi) is 5.61. The maximum atomic E-state index is 12.8. The van der Waals surface area contributed by atoms with Gasteiger partial charge in [-0.3, -0.25) is 14.5 Å². The number of rotatable bonds is 5. The Morgan fingerprint density at radius 2 is 2.14 bits per heavy atom. The van der Waals surface area contributed by atoms with Gasteiger partial charge in [-0.2, -0.15) is 0 Å². The molecule has 3 aromatic rings. The first kappa shape index (κ1) is 19.3. The van der Waals surface area contributed by atoms with Gasteiger partial charge < -0.3 is 9.72 Å². The van der Waals surface area contributed by atoms with E-state index in [9.17, 15) is 9.59 Å². The van der Waals surface area contributed by atoms with Gasteiger partial charge in [-0.05, 0) is 51.9 Å². The Bertz CT molecular complexity index is 1040. The molecule has 0 aromatic carbocycles. The van der Waals surface area contributed by atoms with Crippen LogP contribution >= 0.6 is 22.7 Å².